The molecule has 19 heavy (non-hydrogen) atoms. The van der Waals surface area contributed by atoms with Gasteiger partial charge in [0.25, 0.3) is 0 Å². The number of anilines is 2. The number of hydrogen-bond donors (Lipinski definition) is 2. The first-order chi connectivity index (χ1) is 8.94. The Morgan fingerprint density at radius 3 is 2.42 bits per heavy atom. The molecule has 2 aromatic rings. The number of nitrogens with two attached hydrogens (primary N) is 1. The van der Waals surface area contributed by atoms with E-state index in [4.69, 9.17) is 17.3 Å². The maximum Gasteiger partial charge on any atom is 0.238 e. The van der Waals surface area contributed by atoms with Gasteiger partial charge in [-0.15, -0.1) is 0 Å². The SMILES string of the molecule is Nc1ccc(CS(=O)(=O)Nc2ccc(Cl)cn2)cc1. The van der Waals surface area contributed by atoms with Crippen LogP contribution in [0.4, 0.5) is 11.5 Å². The zero-order chi connectivity index (χ0) is 13.9. The summed E-state index contributed by atoms with van der Waals surface area (Å²) < 4.78 is 26.2. The summed E-state index contributed by atoms with van der Waals surface area (Å²) in [6.45, 7) is 0. The third kappa shape index (κ3) is 4.11. The fraction of sp³-hybridized carbons (Fsp3) is 0.0833. The largest absolute Gasteiger partial charge is 0.399 e. The number of aromatic nitrogens is 1. The lowest BCUT2D eigenvalue weighted by molar-refractivity contribution is 0.600. The lowest BCUT2D eigenvalue weighted by Gasteiger charge is -2.07. The zero-order valence-electron chi connectivity index (χ0n) is 9.88. The topological polar surface area (TPSA) is 85.1 Å². The van der Waals surface area contributed by atoms with E-state index in [1.165, 1.54) is 12.3 Å². The third-order valence-corrected chi connectivity index (χ3v) is 3.78. The van der Waals surface area contributed by atoms with E-state index in [-0.39, 0.29) is 11.6 Å². The summed E-state index contributed by atoms with van der Waals surface area (Å²) in [5.41, 5.74) is 6.78. The van der Waals surface area contributed by atoms with Crippen molar-refractivity contribution in [2.75, 3.05) is 10.5 Å². The molecular weight excluding hydrogens is 286 g/mol. The van der Waals surface area contributed by atoms with Crippen molar-refractivity contribution in [1.29, 1.82) is 0 Å². The summed E-state index contributed by atoms with van der Waals surface area (Å²) >= 11 is 5.68. The number of halogens is 1. The molecule has 3 N–H and O–H groups in total. The first-order valence-corrected chi connectivity index (χ1v) is 7.44. The van der Waals surface area contributed by atoms with Crippen molar-refractivity contribution in [3.8, 4) is 0 Å². The van der Waals surface area contributed by atoms with E-state index in [1.807, 2.05) is 0 Å². The minimum absolute atomic E-state index is 0.141. The first kappa shape index (κ1) is 13.6. The Morgan fingerprint density at radius 1 is 1.16 bits per heavy atom. The van der Waals surface area contributed by atoms with Gasteiger partial charge in [0, 0.05) is 11.9 Å². The fourth-order valence-electron chi connectivity index (χ4n) is 1.46. The fourth-order valence-corrected chi connectivity index (χ4v) is 2.72. The van der Waals surface area contributed by atoms with Crippen LogP contribution in [-0.2, 0) is 15.8 Å². The Kier molecular flexibility index (Phi) is 3.92. The molecule has 0 bridgehead atoms. The Morgan fingerprint density at radius 2 is 1.84 bits per heavy atom. The van der Waals surface area contributed by atoms with Crippen LogP contribution >= 0.6 is 11.6 Å². The number of sulfonamides is 1. The van der Waals surface area contributed by atoms with Gasteiger partial charge in [-0.05, 0) is 29.8 Å². The highest BCUT2D eigenvalue weighted by Gasteiger charge is 2.12. The molecule has 0 radical (unpaired) electrons. The van der Waals surface area contributed by atoms with Crippen LogP contribution in [0.5, 0.6) is 0 Å². The highest BCUT2D eigenvalue weighted by atomic mass is 35.5. The van der Waals surface area contributed by atoms with Crippen LogP contribution in [0.3, 0.4) is 0 Å². The molecule has 0 aliphatic carbocycles. The molecule has 0 atom stereocenters. The number of pyridine rings is 1. The van der Waals surface area contributed by atoms with E-state index in [0.29, 0.717) is 16.3 Å². The second-order valence-corrected chi connectivity index (χ2v) is 6.12. The van der Waals surface area contributed by atoms with E-state index in [2.05, 4.69) is 9.71 Å². The molecule has 5 nitrogen and oxygen atoms in total. The van der Waals surface area contributed by atoms with Crippen molar-refractivity contribution in [3.05, 3.63) is 53.2 Å². The molecule has 0 saturated carbocycles. The molecule has 1 aromatic heterocycles. The molecule has 0 spiro atoms. The third-order valence-electron chi connectivity index (χ3n) is 2.32. The number of nitrogens with zero attached hydrogens (tertiary/aromatic N) is 1. The summed E-state index contributed by atoms with van der Waals surface area (Å²) in [6, 6.07) is 9.73. The number of hydrogen-bond acceptors (Lipinski definition) is 4. The molecule has 0 saturated heterocycles. The molecule has 0 fully saturated rings. The van der Waals surface area contributed by atoms with Crippen molar-refractivity contribution >= 4 is 33.1 Å². The predicted molar refractivity (Wildman–Crippen MR) is 76.3 cm³/mol. The van der Waals surface area contributed by atoms with Crippen LogP contribution < -0.4 is 10.5 Å². The van der Waals surface area contributed by atoms with Crippen LogP contribution in [-0.4, -0.2) is 13.4 Å². The van der Waals surface area contributed by atoms with Gasteiger partial charge in [0.15, 0.2) is 0 Å². The van der Waals surface area contributed by atoms with Gasteiger partial charge in [-0.25, -0.2) is 13.4 Å². The second-order valence-electron chi connectivity index (χ2n) is 3.96. The highest BCUT2D eigenvalue weighted by molar-refractivity contribution is 7.91. The van der Waals surface area contributed by atoms with Crippen molar-refractivity contribution in [3.63, 3.8) is 0 Å². The van der Waals surface area contributed by atoms with Gasteiger partial charge in [-0.3, -0.25) is 4.72 Å². The van der Waals surface area contributed by atoms with Crippen molar-refractivity contribution in [1.82, 2.24) is 4.98 Å². The minimum atomic E-state index is -3.51. The standard InChI is InChI=1S/C12H12ClN3O2S/c13-10-3-6-12(15-7-10)16-19(17,18)8-9-1-4-11(14)5-2-9/h1-7H,8,14H2,(H,15,16). The summed E-state index contributed by atoms with van der Waals surface area (Å²) in [5.74, 6) is 0.0947. The van der Waals surface area contributed by atoms with Gasteiger partial charge in [0.1, 0.15) is 5.82 Å². The summed E-state index contributed by atoms with van der Waals surface area (Å²) in [7, 11) is -3.51. The van der Waals surface area contributed by atoms with E-state index >= 15 is 0 Å². The Hall–Kier alpha value is -1.79. The minimum Gasteiger partial charge on any atom is -0.399 e. The Labute approximate surface area is 116 Å². The normalized spacial score (nSPS) is 11.2. The second kappa shape index (κ2) is 5.46. The number of nitrogens with one attached hydrogen (secondary N) is 1. The quantitative estimate of drug-likeness (QED) is 0.848. The summed E-state index contributed by atoms with van der Waals surface area (Å²) in [6.07, 6.45) is 1.38. The van der Waals surface area contributed by atoms with E-state index in [9.17, 15) is 8.42 Å². The molecule has 0 amide bonds. The van der Waals surface area contributed by atoms with Crippen LogP contribution in [0.1, 0.15) is 5.56 Å². The van der Waals surface area contributed by atoms with Gasteiger partial charge in [-0.1, -0.05) is 23.7 Å². The molecule has 100 valence electrons. The number of benzene rings is 1. The van der Waals surface area contributed by atoms with Gasteiger partial charge in [0.05, 0.1) is 10.8 Å². The summed E-state index contributed by atoms with van der Waals surface area (Å²) in [5, 5.41) is 0.446. The van der Waals surface area contributed by atoms with Gasteiger partial charge < -0.3 is 5.73 Å². The van der Waals surface area contributed by atoms with Gasteiger partial charge in [-0.2, -0.15) is 0 Å². The van der Waals surface area contributed by atoms with Crippen molar-refractivity contribution < 1.29 is 8.42 Å². The van der Waals surface area contributed by atoms with Gasteiger partial charge in [0.2, 0.25) is 10.0 Å². The zero-order valence-corrected chi connectivity index (χ0v) is 11.4. The Bertz CT molecular complexity index is 601. The van der Waals surface area contributed by atoms with Crippen LogP contribution in [0.25, 0.3) is 0 Å². The molecule has 0 aliphatic heterocycles. The maximum atomic E-state index is 11.9. The lowest BCUT2D eigenvalue weighted by atomic mass is 10.2. The maximum absolute atomic E-state index is 11.9. The smallest absolute Gasteiger partial charge is 0.238 e. The molecule has 1 aromatic carbocycles. The molecule has 0 unspecified atom stereocenters. The Balaban J connectivity index is 2.10. The average molecular weight is 298 g/mol. The summed E-state index contributed by atoms with van der Waals surface area (Å²) in [4.78, 5) is 3.88. The number of rotatable bonds is 4. The predicted octanol–water partition coefficient (Wildman–Crippen LogP) is 2.26. The van der Waals surface area contributed by atoms with Crippen molar-refractivity contribution in [2.45, 2.75) is 5.75 Å². The number of nitrogen functional groups attached to an aromatic ring is 1. The van der Waals surface area contributed by atoms with Crippen LogP contribution in [0, 0.1) is 0 Å². The van der Waals surface area contributed by atoms with E-state index in [1.54, 1.807) is 30.3 Å². The van der Waals surface area contributed by atoms with Crippen LogP contribution in [0.15, 0.2) is 42.6 Å². The monoisotopic (exact) mass is 297 g/mol. The molecular formula is C12H12ClN3O2S. The average Bonchev–Trinajstić information content (AvgIpc) is 2.34. The molecule has 7 heteroatoms. The molecule has 0 aliphatic rings. The van der Waals surface area contributed by atoms with Crippen molar-refractivity contribution in [2.24, 2.45) is 0 Å². The van der Waals surface area contributed by atoms with E-state index in [0.717, 1.165) is 0 Å². The lowest BCUT2D eigenvalue weighted by Crippen LogP contribution is -2.15. The highest BCUT2D eigenvalue weighted by Crippen LogP contribution is 2.14. The molecule has 2 rings (SSSR count). The molecule has 1 heterocycles. The van der Waals surface area contributed by atoms with Crippen LogP contribution in [0.2, 0.25) is 5.02 Å². The van der Waals surface area contributed by atoms with E-state index < -0.39 is 10.0 Å². The first-order valence-electron chi connectivity index (χ1n) is 5.41. The van der Waals surface area contributed by atoms with Gasteiger partial charge >= 0.3 is 0 Å².